The molecule has 188 valence electrons. The molecule has 1 aromatic carbocycles. The monoisotopic (exact) mass is 496 g/mol. The first kappa shape index (κ1) is 22.7. The molecule has 3 amide bonds. The van der Waals surface area contributed by atoms with Crippen LogP contribution in [0.3, 0.4) is 0 Å². The van der Waals surface area contributed by atoms with Crippen LogP contribution in [0.15, 0.2) is 36.7 Å². The van der Waals surface area contributed by atoms with Crippen LogP contribution in [0.2, 0.25) is 0 Å². The smallest absolute Gasteiger partial charge is 0.322 e. The van der Waals surface area contributed by atoms with Crippen LogP contribution < -0.4 is 20.9 Å². The van der Waals surface area contributed by atoms with Crippen LogP contribution in [0, 0.1) is 17.6 Å². The van der Waals surface area contributed by atoms with Gasteiger partial charge in [0, 0.05) is 49.9 Å². The third-order valence-corrected chi connectivity index (χ3v) is 7.27. The Morgan fingerprint density at radius 2 is 2.08 bits per heavy atom. The number of fused-ring (bicyclic) bond motifs is 2. The molecular formula is C24H26F2N8O2. The van der Waals surface area contributed by atoms with Gasteiger partial charge < -0.3 is 25.8 Å². The Bertz CT molecular complexity index is 1310. The Morgan fingerprint density at radius 1 is 1.19 bits per heavy atom. The standard InChI is InChI=1S/C24H26F2N8O2/c25-15-3-4-17(26)16(8-15)20-2-1-6-33(20)21-5-7-34-23(31-21)18(10-29-34)30-24(36)32-12-14-9-28-22(35)11-27-19(14)13-32/h3-5,7-8,10,14,19-20,27H,1-2,6,9,11-13H2,(H,28,35)(H,30,36)/t14?,19?,20-/m1/s1. The first-order valence-corrected chi connectivity index (χ1v) is 12.1. The van der Waals surface area contributed by atoms with Crippen molar-refractivity contribution < 1.29 is 18.4 Å². The van der Waals surface area contributed by atoms with Crippen molar-refractivity contribution in [2.45, 2.75) is 24.9 Å². The molecule has 3 N–H and O–H groups in total. The summed E-state index contributed by atoms with van der Waals surface area (Å²) in [5.41, 5.74) is 1.24. The number of amides is 3. The highest BCUT2D eigenvalue weighted by Gasteiger charge is 2.37. The van der Waals surface area contributed by atoms with Gasteiger partial charge in [0.15, 0.2) is 5.65 Å². The number of rotatable bonds is 3. The fourth-order valence-corrected chi connectivity index (χ4v) is 5.44. The zero-order chi connectivity index (χ0) is 24.8. The fraction of sp³-hybridized carbons (Fsp3) is 0.417. The van der Waals surface area contributed by atoms with Crippen molar-refractivity contribution in [1.29, 1.82) is 0 Å². The first-order chi connectivity index (χ1) is 17.5. The maximum atomic E-state index is 14.5. The highest BCUT2D eigenvalue weighted by Crippen LogP contribution is 2.37. The van der Waals surface area contributed by atoms with Crippen molar-refractivity contribution in [3.63, 3.8) is 0 Å². The SMILES string of the molecule is O=C1CNC2CN(C(=O)Nc3cnn4ccc(N5CCC[C@@H]5c5cc(F)ccc5F)nc34)CC2CN1. The second kappa shape index (κ2) is 9.01. The molecule has 0 aliphatic carbocycles. The number of likely N-dealkylation sites (tertiary alicyclic amines) is 1. The van der Waals surface area contributed by atoms with Crippen LogP contribution in [0.4, 0.5) is 25.1 Å². The predicted octanol–water partition coefficient (Wildman–Crippen LogP) is 1.90. The number of nitrogens with one attached hydrogen (secondary N) is 3. The van der Waals surface area contributed by atoms with Crippen LogP contribution in [-0.2, 0) is 4.79 Å². The van der Waals surface area contributed by atoms with E-state index in [0.29, 0.717) is 55.3 Å². The summed E-state index contributed by atoms with van der Waals surface area (Å²) in [6, 6.07) is 4.76. The van der Waals surface area contributed by atoms with E-state index in [2.05, 4.69) is 21.0 Å². The molecule has 10 nitrogen and oxygen atoms in total. The molecule has 3 aliphatic rings. The van der Waals surface area contributed by atoms with Crippen LogP contribution >= 0.6 is 0 Å². The van der Waals surface area contributed by atoms with E-state index < -0.39 is 11.6 Å². The van der Waals surface area contributed by atoms with Crippen LogP contribution in [0.5, 0.6) is 0 Å². The average Bonchev–Trinajstić information content (AvgIpc) is 3.59. The lowest BCUT2D eigenvalue weighted by Crippen LogP contribution is -2.39. The number of urea groups is 1. The second-order valence-corrected chi connectivity index (χ2v) is 9.52. The van der Waals surface area contributed by atoms with E-state index in [4.69, 9.17) is 4.98 Å². The molecule has 3 saturated heterocycles. The largest absolute Gasteiger partial charge is 0.355 e. The third kappa shape index (κ3) is 4.11. The first-order valence-electron chi connectivity index (χ1n) is 12.1. The van der Waals surface area contributed by atoms with Gasteiger partial charge >= 0.3 is 6.03 Å². The van der Waals surface area contributed by atoms with E-state index in [1.165, 1.54) is 6.07 Å². The predicted molar refractivity (Wildman–Crippen MR) is 128 cm³/mol. The van der Waals surface area contributed by atoms with E-state index in [0.717, 1.165) is 18.6 Å². The molecule has 0 spiro atoms. The van der Waals surface area contributed by atoms with Gasteiger partial charge in [-0.05, 0) is 37.1 Å². The van der Waals surface area contributed by atoms with Crippen LogP contribution in [0.25, 0.3) is 5.65 Å². The Balaban J connectivity index is 1.22. The van der Waals surface area contributed by atoms with E-state index in [9.17, 15) is 18.4 Å². The Hall–Kier alpha value is -3.80. The van der Waals surface area contributed by atoms with Crippen molar-refractivity contribution in [3.8, 4) is 0 Å². The molecule has 3 fully saturated rings. The molecule has 0 saturated carbocycles. The number of halogens is 2. The number of aromatic nitrogens is 3. The van der Waals surface area contributed by atoms with E-state index in [-0.39, 0.29) is 36.5 Å². The lowest BCUT2D eigenvalue weighted by Gasteiger charge is -2.26. The molecule has 0 radical (unpaired) electrons. The molecule has 6 rings (SSSR count). The minimum Gasteiger partial charge on any atom is -0.355 e. The lowest BCUT2D eigenvalue weighted by atomic mass is 10.0. The lowest BCUT2D eigenvalue weighted by molar-refractivity contribution is -0.119. The van der Waals surface area contributed by atoms with Crippen molar-refractivity contribution >= 4 is 29.1 Å². The second-order valence-electron chi connectivity index (χ2n) is 9.52. The molecule has 3 aromatic rings. The molecule has 5 heterocycles. The van der Waals surface area contributed by atoms with Crippen LogP contribution in [0.1, 0.15) is 24.4 Å². The molecule has 3 atom stereocenters. The Labute approximate surface area is 205 Å². The maximum Gasteiger partial charge on any atom is 0.322 e. The van der Waals surface area contributed by atoms with E-state index in [1.54, 1.807) is 27.9 Å². The summed E-state index contributed by atoms with van der Waals surface area (Å²) in [6.07, 6.45) is 4.79. The molecule has 12 heteroatoms. The van der Waals surface area contributed by atoms with Gasteiger partial charge in [0.1, 0.15) is 23.1 Å². The number of benzene rings is 1. The summed E-state index contributed by atoms with van der Waals surface area (Å²) in [5, 5.41) is 13.3. The quantitative estimate of drug-likeness (QED) is 0.512. The highest BCUT2D eigenvalue weighted by atomic mass is 19.1. The van der Waals surface area contributed by atoms with Gasteiger partial charge in [-0.3, -0.25) is 4.79 Å². The third-order valence-electron chi connectivity index (χ3n) is 7.27. The fourth-order valence-electron chi connectivity index (χ4n) is 5.44. The summed E-state index contributed by atoms with van der Waals surface area (Å²) in [5.74, 6) is -0.201. The number of hydrogen-bond donors (Lipinski definition) is 3. The number of carbonyl (C=O) groups excluding carboxylic acids is 2. The molecular weight excluding hydrogens is 470 g/mol. The van der Waals surface area contributed by atoms with Gasteiger partial charge in [-0.15, -0.1) is 0 Å². The average molecular weight is 497 g/mol. The van der Waals surface area contributed by atoms with Crippen molar-refractivity contribution in [2.24, 2.45) is 5.92 Å². The van der Waals surface area contributed by atoms with Crippen molar-refractivity contribution in [2.75, 3.05) is 42.9 Å². The van der Waals surface area contributed by atoms with Crippen molar-refractivity contribution in [1.82, 2.24) is 30.1 Å². The van der Waals surface area contributed by atoms with Crippen LogP contribution in [-0.4, -0.2) is 70.2 Å². The highest BCUT2D eigenvalue weighted by molar-refractivity contribution is 5.93. The zero-order valence-corrected chi connectivity index (χ0v) is 19.5. The number of nitrogens with zero attached hydrogens (tertiary/aromatic N) is 5. The van der Waals surface area contributed by atoms with Crippen molar-refractivity contribution in [3.05, 3.63) is 53.9 Å². The van der Waals surface area contributed by atoms with Gasteiger partial charge in [-0.2, -0.15) is 5.10 Å². The minimum absolute atomic E-state index is 0.0333. The van der Waals surface area contributed by atoms with Gasteiger partial charge in [-0.25, -0.2) is 23.1 Å². The van der Waals surface area contributed by atoms with Gasteiger partial charge in [0.2, 0.25) is 5.91 Å². The summed E-state index contributed by atoms with van der Waals surface area (Å²) >= 11 is 0. The van der Waals surface area contributed by atoms with Gasteiger partial charge in [0.05, 0.1) is 18.8 Å². The van der Waals surface area contributed by atoms with E-state index >= 15 is 0 Å². The minimum atomic E-state index is -0.475. The summed E-state index contributed by atoms with van der Waals surface area (Å²) in [7, 11) is 0. The Kier molecular flexibility index (Phi) is 5.67. The molecule has 2 aromatic heterocycles. The maximum absolute atomic E-state index is 14.5. The zero-order valence-electron chi connectivity index (χ0n) is 19.5. The molecule has 2 unspecified atom stereocenters. The van der Waals surface area contributed by atoms with E-state index in [1.807, 2.05) is 4.90 Å². The number of hydrogen-bond acceptors (Lipinski definition) is 6. The summed E-state index contributed by atoms with van der Waals surface area (Å²) in [4.78, 5) is 33.1. The Morgan fingerprint density at radius 3 is 2.97 bits per heavy atom. The summed E-state index contributed by atoms with van der Waals surface area (Å²) in [6.45, 7) is 2.45. The van der Waals surface area contributed by atoms with Gasteiger partial charge in [-0.1, -0.05) is 0 Å². The number of carbonyl (C=O) groups is 2. The normalized spacial score (nSPS) is 24.1. The molecule has 0 bridgehead atoms. The van der Waals surface area contributed by atoms with Gasteiger partial charge in [0.25, 0.3) is 0 Å². The molecule has 3 aliphatic heterocycles. The summed E-state index contributed by atoms with van der Waals surface area (Å²) < 4.78 is 29.9. The molecule has 36 heavy (non-hydrogen) atoms. The topological polar surface area (TPSA) is 107 Å². The number of anilines is 2.